The van der Waals surface area contributed by atoms with Gasteiger partial charge in [-0.05, 0) is 50.5 Å². The van der Waals surface area contributed by atoms with Crippen LogP contribution in [0.1, 0.15) is 46.7 Å². The van der Waals surface area contributed by atoms with E-state index < -0.39 is 0 Å². The highest BCUT2D eigenvalue weighted by Gasteiger charge is 2.23. The first-order chi connectivity index (χ1) is 14.5. The number of ether oxygens (including phenoxy) is 1. The third-order valence-electron chi connectivity index (χ3n) is 4.77. The molecule has 1 aromatic carbocycles. The lowest BCUT2D eigenvalue weighted by molar-refractivity contribution is -0.123. The number of carbonyl (C=O) groups is 2. The summed E-state index contributed by atoms with van der Waals surface area (Å²) >= 11 is 1.53. The standard InChI is InChI=1S/C22H23N3O4S/c1-13(15-3-7-18(8-4-15)28-11-21(26)25-17-5-6-17)23-22(27)16-9-20(29-10-16)19-12-30-14(2)24-19/h3-4,7-10,12-13,17H,5-6,11H2,1-2H3,(H,23,27)(H,25,26). The van der Waals surface area contributed by atoms with Crippen molar-refractivity contribution in [1.29, 1.82) is 0 Å². The summed E-state index contributed by atoms with van der Waals surface area (Å²) in [6, 6.07) is 9.15. The van der Waals surface area contributed by atoms with Crippen molar-refractivity contribution in [3.63, 3.8) is 0 Å². The average molecular weight is 426 g/mol. The van der Waals surface area contributed by atoms with Gasteiger partial charge in [0.25, 0.3) is 11.8 Å². The van der Waals surface area contributed by atoms with Crippen LogP contribution in [0.2, 0.25) is 0 Å². The molecule has 0 aliphatic heterocycles. The third-order valence-corrected chi connectivity index (χ3v) is 5.55. The molecule has 0 saturated heterocycles. The molecule has 2 amide bonds. The van der Waals surface area contributed by atoms with E-state index in [1.54, 1.807) is 18.2 Å². The van der Waals surface area contributed by atoms with Crippen LogP contribution in [0.5, 0.6) is 5.75 Å². The Kier molecular flexibility index (Phi) is 5.85. The van der Waals surface area contributed by atoms with Gasteiger partial charge in [0.15, 0.2) is 12.4 Å². The van der Waals surface area contributed by atoms with Gasteiger partial charge in [0, 0.05) is 11.4 Å². The quantitative estimate of drug-likeness (QED) is 0.572. The Morgan fingerprint density at radius 3 is 2.73 bits per heavy atom. The van der Waals surface area contributed by atoms with Gasteiger partial charge in [-0.3, -0.25) is 9.59 Å². The summed E-state index contributed by atoms with van der Waals surface area (Å²) in [6.45, 7) is 3.83. The summed E-state index contributed by atoms with van der Waals surface area (Å²) in [5.74, 6) is 0.863. The number of hydrogen-bond acceptors (Lipinski definition) is 6. The summed E-state index contributed by atoms with van der Waals surface area (Å²) in [5, 5.41) is 8.68. The normalized spacial score (nSPS) is 14.2. The largest absolute Gasteiger partial charge is 0.484 e. The number of thiazole rings is 1. The molecule has 1 unspecified atom stereocenters. The minimum Gasteiger partial charge on any atom is -0.484 e. The van der Waals surface area contributed by atoms with Crippen LogP contribution in [0, 0.1) is 6.92 Å². The molecule has 1 aliphatic rings. The maximum absolute atomic E-state index is 12.6. The van der Waals surface area contributed by atoms with E-state index in [0.29, 0.717) is 23.1 Å². The summed E-state index contributed by atoms with van der Waals surface area (Å²) in [6.07, 6.45) is 3.54. The number of benzene rings is 1. The van der Waals surface area contributed by atoms with Crippen molar-refractivity contribution >= 4 is 23.2 Å². The van der Waals surface area contributed by atoms with Crippen LogP contribution in [0.4, 0.5) is 0 Å². The SMILES string of the molecule is Cc1nc(-c2cc(C(=O)NC(C)c3ccc(OCC(=O)NC4CC4)cc3)co2)cs1. The molecule has 4 rings (SSSR count). The Labute approximate surface area is 178 Å². The first kappa shape index (κ1) is 20.2. The second-order valence-corrected chi connectivity index (χ2v) is 8.41. The van der Waals surface area contributed by atoms with Gasteiger partial charge in [-0.2, -0.15) is 0 Å². The van der Waals surface area contributed by atoms with Crippen LogP contribution >= 0.6 is 11.3 Å². The molecule has 0 spiro atoms. The van der Waals surface area contributed by atoms with Crippen molar-refractivity contribution in [2.75, 3.05) is 6.61 Å². The van der Waals surface area contributed by atoms with Gasteiger partial charge in [-0.15, -0.1) is 11.3 Å². The predicted molar refractivity (Wildman–Crippen MR) is 114 cm³/mol. The number of nitrogens with zero attached hydrogens (tertiary/aromatic N) is 1. The fraction of sp³-hybridized carbons (Fsp3) is 0.318. The smallest absolute Gasteiger partial charge is 0.258 e. The second kappa shape index (κ2) is 8.71. The number of hydrogen-bond donors (Lipinski definition) is 2. The number of nitrogens with one attached hydrogen (secondary N) is 2. The van der Waals surface area contributed by atoms with Gasteiger partial charge in [-0.25, -0.2) is 4.98 Å². The Balaban J connectivity index is 1.30. The van der Waals surface area contributed by atoms with E-state index in [4.69, 9.17) is 9.15 Å². The molecule has 30 heavy (non-hydrogen) atoms. The molecule has 2 N–H and O–H groups in total. The number of furan rings is 1. The van der Waals surface area contributed by atoms with E-state index in [2.05, 4.69) is 15.6 Å². The van der Waals surface area contributed by atoms with Gasteiger partial charge >= 0.3 is 0 Å². The molecule has 1 aliphatic carbocycles. The van der Waals surface area contributed by atoms with Crippen LogP contribution in [0.3, 0.4) is 0 Å². The van der Waals surface area contributed by atoms with Crippen LogP contribution in [0.25, 0.3) is 11.5 Å². The minimum atomic E-state index is -0.221. The molecule has 0 radical (unpaired) electrons. The van der Waals surface area contributed by atoms with Crippen molar-refractivity contribution in [2.24, 2.45) is 0 Å². The highest BCUT2D eigenvalue weighted by Crippen LogP contribution is 2.24. The molecule has 156 valence electrons. The van der Waals surface area contributed by atoms with Gasteiger partial charge in [0.05, 0.1) is 16.6 Å². The van der Waals surface area contributed by atoms with Crippen molar-refractivity contribution in [1.82, 2.24) is 15.6 Å². The predicted octanol–water partition coefficient (Wildman–Crippen LogP) is 3.86. The van der Waals surface area contributed by atoms with Gasteiger partial charge < -0.3 is 19.8 Å². The highest BCUT2D eigenvalue weighted by molar-refractivity contribution is 7.09. The molecule has 7 nitrogen and oxygen atoms in total. The van der Waals surface area contributed by atoms with E-state index in [9.17, 15) is 9.59 Å². The summed E-state index contributed by atoms with van der Waals surface area (Å²) < 4.78 is 11.0. The van der Waals surface area contributed by atoms with Crippen molar-refractivity contribution < 1.29 is 18.7 Å². The zero-order chi connectivity index (χ0) is 21.1. The lowest BCUT2D eigenvalue weighted by Gasteiger charge is -2.14. The van der Waals surface area contributed by atoms with Crippen LogP contribution in [0.15, 0.2) is 46.4 Å². The highest BCUT2D eigenvalue weighted by atomic mass is 32.1. The molecule has 8 heteroatoms. The molecule has 1 saturated carbocycles. The van der Waals surface area contributed by atoms with E-state index in [-0.39, 0.29) is 24.5 Å². The lowest BCUT2D eigenvalue weighted by Crippen LogP contribution is -2.30. The fourth-order valence-electron chi connectivity index (χ4n) is 2.93. The molecular weight excluding hydrogens is 402 g/mol. The van der Waals surface area contributed by atoms with Crippen LogP contribution in [-0.2, 0) is 4.79 Å². The Morgan fingerprint density at radius 2 is 2.07 bits per heavy atom. The average Bonchev–Trinajstić information content (AvgIpc) is 3.22. The summed E-state index contributed by atoms with van der Waals surface area (Å²) in [4.78, 5) is 28.6. The molecule has 2 aromatic heterocycles. The fourth-order valence-corrected chi connectivity index (χ4v) is 3.53. The molecule has 3 aromatic rings. The van der Waals surface area contributed by atoms with Crippen LogP contribution in [-0.4, -0.2) is 29.4 Å². The topological polar surface area (TPSA) is 93.5 Å². The van der Waals surface area contributed by atoms with Crippen molar-refractivity contribution in [3.8, 4) is 17.2 Å². The van der Waals surface area contributed by atoms with Gasteiger partial charge in [0.1, 0.15) is 17.7 Å². The first-order valence-corrected chi connectivity index (χ1v) is 10.7. The van der Waals surface area contributed by atoms with E-state index in [1.807, 2.05) is 31.4 Å². The Morgan fingerprint density at radius 1 is 1.30 bits per heavy atom. The Hall–Kier alpha value is -3.13. The number of amides is 2. The number of carbonyl (C=O) groups excluding carboxylic acids is 2. The van der Waals surface area contributed by atoms with Gasteiger partial charge in [0.2, 0.25) is 0 Å². The monoisotopic (exact) mass is 425 g/mol. The van der Waals surface area contributed by atoms with E-state index in [1.165, 1.54) is 17.6 Å². The maximum atomic E-state index is 12.6. The second-order valence-electron chi connectivity index (χ2n) is 7.35. The zero-order valence-corrected chi connectivity index (χ0v) is 17.6. The van der Waals surface area contributed by atoms with Gasteiger partial charge in [-0.1, -0.05) is 12.1 Å². The lowest BCUT2D eigenvalue weighted by atomic mass is 10.1. The van der Waals surface area contributed by atoms with E-state index >= 15 is 0 Å². The summed E-state index contributed by atoms with van der Waals surface area (Å²) in [5.41, 5.74) is 2.10. The zero-order valence-electron chi connectivity index (χ0n) is 16.8. The number of aromatic nitrogens is 1. The van der Waals surface area contributed by atoms with Crippen molar-refractivity contribution in [3.05, 3.63) is 58.1 Å². The van der Waals surface area contributed by atoms with E-state index in [0.717, 1.165) is 29.1 Å². The molecule has 1 fully saturated rings. The first-order valence-electron chi connectivity index (χ1n) is 9.82. The third kappa shape index (κ3) is 5.07. The minimum absolute atomic E-state index is 0.00344. The summed E-state index contributed by atoms with van der Waals surface area (Å²) in [7, 11) is 0. The van der Waals surface area contributed by atoms with Crippen molar-refractivity contribution in [2.45, 2.75) is 38.8 Å². The molecule has 0 bridgehead atoms. The molecule has 1 atom stereocenters. The molecular formula is C22H23N3O4S. The maximum Gasteiger partial charge on any atom is 0.258 e. The Bertz CT molecular complexity index is 1040. The number of rotatable bonds is 8. The number of aryl methyl sites for hydroxylation is 1. The molecule has 2 heterocycles. The van der Waals surface area contributed by atoms with Crippen LogP contribution < -0.4 is 15.4 Å².